The highest BCUT2D eigenvalue weighted by Gasteiger charge is 2.29. The molecule has 0 radical (unpaired) electrons. The number of carbonyl (C=O) groups is 3. The van der Waals surface area contributed by atoms with Crippen molar-refractivity contribution in [1.82, 2.24) is 21.1 Å². The van der Waals surface area contributed by atoms with Crippen molar-refractivity contribution in [3.8, 4) is 0 Å². The van der Waals surface area contributed by atoms with Crippen LogP contribution in [0.2, 0.25) is 0 Å². The Labute approximate surface area is 157 Å². The second-order valence-corrected chi connectivity index (χ2v) is 6.91. The summed E-state index contributed by atoms with van der Waals surface area (Å²) in [5.41, 5.74) is 3.06. The SMILES string of the molecule is CNC(=O)[C@@H](NC(=O)[C@@H](CC(=O)NO)CC(C)C)c1c[nH]c2ccccc12. The molecule has 5 N–H and O–H groups in total. The van der Waals surface area contributed by atoms with Crippen LogP contribution in [0.5, 0.6) is 0 Å². The maximum atomic E-state index is 12.8. The zero-order valence-electron chi connectivity index (χ0n) is 15.7. The number of hydroxylamine groups is 1. The largest absolute Gasteiger partial charge is 0.361 e. The van der Waals surface area contributed by atoms with Gasteiger partial charge in [0.25, 0.3) is 0 Å². The lowest BCUT2D eigenvalue weighted by Gasteiger charge is -2.22. The van der Waals surface area contributed by atoms with E-state index in [0.717, 1.165) is 10.9 Å². The third-order valence-electron chi connectivity index (χ3n) is 4.41. The molecule has 0 unspecified atom stereocenters. The van der Waals surface area contributed by atoms with E-state index < -0.39 is 23.8 Å². The van der Waals surface area contributed by atoms with Gasteiger partial charge in [0.1, 0.15) is 6.04 Å². The number of rotatable bonds is 8. The summed E-state index contributed by atoms with van der Waals surface area (Å²) in [4.78, 5) is 39.9. The van der Waals surface area contributed by atoms with Crippen LogP contribution < -0.4 is 16.1 Å². The van der Waals surface area contributed by atoms with Gasteiger partial charge >= 0.3 is 0 Å². The van der Waals surface area contributed by atoms with Gasteiger partial charge in [0.2, 0.25) is 17.7 Å². The molecule has 0 aliphatic rings. The van der Waals surface area contributed by atoms with Crippen LogP contribution in [0.15, 0.2) is 30.5 Å². The predicted molar refractivity (Wildman–Crippen MR) is 101 cm³/mol. The molecule has 0 saturated heterocycles. The molecule has 0 aliphatic heterocycles. The number of likely N-dealkylation sites (N-methyl/N-ethyl adjacent to an activating group) is 1. The van der Waals surface area contributed by atoms with Crippen molar-refractivity contribution in [2.45, 2.75) is 32.7 Å². The van der Waals surface area contributed by atoms with E-state index >= 15 is 0 Å². The molecule has 2 atom stereocenters. The number of hydrogen-bond donors (Lipinski definition) is 5. The molecular weight excluding hydrogens is 348 g/mol. The van der Waals surface area contributed by atoms with E-state index in [2.05, 4.69) is 15.6 Å². The average Bonchev–Trinajstić information content (AvgIpc) is 3.08. The molecule has 0 bridgehead atoms. The number of nitrogens with one attached hydrogen (secondary N) is 4. The Morgan fingerprint density at radius 2 is 1.85 bits per heavy atom. The minimum Gasteiger partial charge on any atom is -0.361 e. The molecule has 8 heteroatoms. The molecule has 146 valence electrons. The quantitative estimate of drug-likeness (QED) is 0.356. The van der Waals surface area contributed by atoms with Crippen molar-refractivity contribution in [2.24, 2.45) is 11.8 Å². The molecule has 3 amide bonds. The molecule has 8 nitrogen and oxygen atoms in total. The number of amides is 3. The van der Waals surface area contributed by atoms with Crippen LogP contribution >= 0.6 is 0 Å². The minimum absolute atomic E-state index is 0.158. The van der Waals surface area contributed by atoms with Crippen molar-refractivity contribution in [2.75, 3.05) is 7.05 Å². The van der Waals surface area contributed by atoms with Crippen LogP contribution in [0.3, 0.4) is 0 Å². The highest BCUT2D eigenvalue weighted by Crippen LogP contribution is 2.25. The number of aromatic nitrogens is 1. The van der Waals surface area contributed by atoms with Gasteiger partial charge in [-0.25, -0.2) is 5.48 Å². The molecule has 2 rings (SSSR count). The fourth-order valence-corrected chi connectivity index (χ4v) is 3.14. The van der Waals surface area contributed by atoms with Crippen LogP contribution in [0, 0.1) is 11.8 Å². The van der Waals surface area contributed by atoms with E-state index in [1.54, 1.807) is 11.7 Å². The van der Waals surface area contributed by atoms with E-state index in [1.807, 2.05) is 38.1 Å². The highest BCUT2D eigenvalue weighted by atomic mass is 16.5. The molecule has 27 heavy (non-hydrogen) atoms. The van der Waals surface area contributed by atoms with Crippen LogP contribution in [-0.4, -0.2) is 35.0 Å². The summed E-state index contributed by atoms with van der Waals surface area (Å²) in [5.74, 6) is -1.90. The lowest BCUT2D eigenvalue weighted by atomic mass is 9.92. The second kappa shape index (κ2) is 9.18. The molecule has 1 heterocycles. The first kappa shape index (κ1) is 20.4. The minimum atomic E-state index is -0.898. The molecular formula is C19H26N4O4. The Hall–Kier alpha value is -2.87. The number of aromatic amines is 1. The Morgan fingerprint density at radius 3 is 2.48 bits per heavy atom. The summed E-state index contributed by atoms with van der Waals surface area (Å²) in [6.45, 7) is 3.88. The summed E-state index contributed by atoms with van der Waals surface area (Å²) < 4.78 is 0. The lowest BCUT2D eigenvalue weighted by Crippen LogP contribution is -2.42. The number of fused-ring (bicyclic) bond motifs is 1. The zero-order chi connectivity index (χ0) is 20.0. The summed E-state index contributed by atoms with van der Waals surface area (Å²) in [6.07, 6.45) is 1.99. The van der Waals surface area contributed by atoms with Gasteiger partial charge < -0.3 is 15.6 Å². The maximum Gasteiger partial charge on any atom is 0.247 e. The number of benzene rings is 1. The van der Waals surface area contributed by atoms with Crippen molar-refractivity contribution in [1.29, 1.82) is 0 Å². The number of para-hydroxylation sites is 1. The molecule has 2 aromatic rings. The van der Waals surface area contributed by atoms with E-state index in [9.17, 15) is 14.4 Å². The predicted octanol–water partition coefficient (Wildman–Crippen LogP) is 1.63. The van der Waals surface area contributed by atoms with Crippen LogP contribution in [0.4, 0.5) is 0 Å². The van der Waals surface area contributed by atoms with E-state index in [0.29, 0.717) is 12.0 Å². The number of carbonyl (C=O) groups excluding carboxylic acids is 3. The Kier molecular flexibility index (Phi) is 6.95. The van der Waals surface area contributed by atoms with Gasteiger partial charge in [-0.05, 0) is 18.4 Å². The monoisotopic (exact) mass is 374 g/mol. The summed E-state index contributed by atoms with van der Waals surface area (Å²) in [5, 5.41) is 14.9. The van der Waals surface area contributed by atoms with E-state index in [-0.39, 0.29) is 18.2 Å². The van der Waals surface area contributed by atoms with Crippen molar-refractivity contribution in [3.63, 3.8) is 0 Å². The van der Waals surface area contributed by atoms with Gasteiger partial charge in [-0.15, -0.1) is 0 Å². The second-order valence-electron chi connectivity index (χ2n) is 6.91. The molecule has 0 aliphatic carbocycles. The zero-order valence-corrected chi connectivity index (χ0v) is 15.7. The topological polar surface area (TPSA) is 123 Å². The van der Waals surface area contributed by atoms with Crippen LogP contribution in [-0.2, 0) is 14.4 Å². The molecule has 0 spiro atoms. The van der Waals surface area contributed by atoms with Gasteiger partial charge in [0, 0.05) is 42.0 Å². The Bertz CT molecular complexity index is 815. The fourth-order valence-electron chi connectivity index (χ4n) is 3.14. The summed E-state index contributed by atoms with van der Waals surface area (Å²) in [6, 6.07) is 6.59. The van der Waals surface area contributed by atoms with Gasteiger partial charge in [-0.3, -0.25) is 19.6 Å². The standard InChI is InChI=1S/C19H26N4O4/c1-11(2)8-12(9-16(24)23-27)18(25)22-17(19(26)20-3)14-10-21-15-7-5-4-6-13(14)15/h4-7,10-12,17,21,27H,8-9H2,1-3H3,(H,20,26)(H,22,25)(H,23,24)/t12-,17+/m1/s1. The van der Waals surface area contributed by atoms with Gasteiger partial charge in [0.05, 0.1) is 0 Å². The van der Waals surface area contributed by atoms with Crippen molar-refractivity contribution < 1.29 is 19.6 Å². The molecule has 1 aromatic carbocycles. The van der Waals surface area contributed by atoms with E-state index in [1.165, 1.54) is 7.05 Å². The maximum absolute atomic E-state index is 12.8. The molecule has 1 aromatic heterocycles. The average molecular weight is 374 g/mol. The van der Waals surface area contributed by atoms with Gasteiger partial charge in [0.15, 0.2) is 0 Å². The van der Waals surface area contributed by atoms with Crippen molar-refractivity contribution >= 4 is 28.6 Å². The lowest BCUT2D eigenvalue weighted by molar-refractivity contribution is -0.136. The summed E-state index contributed by atoms with van der Waals surface area (Å²) >= 11 is 0. The fraction of sp³-hybridized carbons (Fsp3) is 0.421. The number of hydrogen-bond acceptors (Lipinski definition) is 4. The summed E-state index contributed by atoms with van der Waals surface area (Å²) in [7, 11) is 1.50. The Morgan fingerprint density at radius 1 is 1.15 bits per heavy atom. The van der Waals surface area contributed by atoms with Crippen LogP contribution in [0.1, 0.15) is 38.3 Å². The third kappa shape index (κ3) is 5.07. The smallest absolute Gasteiger partial charge is 0.247 e. The first-order valence-electron chi connectivity index (χ1n) is 8.88. The van der Waals surface area contributed by atoms with E-state index in [4.69, 9.17) is 5.21 Å². The molecule has 0 saturated carbocycles. The van der Waals surface area contributed by atoms with Gasteiger partial charge in [-0.1, -0.05) is 32.0 Å². The van der Waals surface area contributed by atoms with Crippen LogP contribution in [0.25, 0.3) is 10.9 Å². The highest BCUT2D eigenvalue weighted by molar-refractivity contribution is 5.95. The Balaban J connectivity index is 2.29. The number of H-pyrrole nitrogens is 1. The molecule has 0 fully saturated rings. The third-order valence-corrected chi connectivity index (χ3v) is 4.41. The van der Waals surface area contributed by atoms with Crippen molar-refractivity contribution in [3.05, 3.63) is 36.0 Å². The first-order valence-corrected chi connectivity index (χ1v) is 8.88. The van der Waals surface area contributed by atoms with Gasteiger partial charge in [-0.2, -0.15) is 0 Å². The first-order chi connectivity index (χ1) is 12.9. The normalized spacial score (nSPS) is 13.2.